The van der Waals surface area contributed by atoms with Crippen molar-refractivity contribution in [2.24, 2.45) is 0 Å². The van der Waals surface area contributed by atoms with Crippen molar-refractivity contribution < 1.29 is 9.18 Å². The minimum absolute atomic E-state index is 0.237. The molecule has 0 bridgehead atoms. The predicted octanol–water partition coefficient (Wildman–Crippen LogP) is 4.95. The molecule has 150 valence electrons. The molecular formula is C23H25FN4O. The maximum atomic E-state index is 12.9. The van der Waals surface area contributed by atoms with Gasteiger partial charge < -0.3 is 10.6 Å². The molecule has 5 nitrogen and oxygen atoms in total. The molecule has 0 atom stereocenters. The number of para-hydroxylation sites is 1. The Morgan fingerprint density at radius 3 is 2.41 bits per heavy atom. The Morgan fingerprint density at radius 1 is 1.07 bits per heavy atom. The molecule has 6 heteroatoms. The molecule has 0 saturated heterocycles. The second kappa shape index (κ2) is 9.28. The van der Waals surface area contributed by atoms with Crippen LogP contribution >= 0.6 is 0 Å². The number of carbonyl (C=O) groups excluding carboxylic acids is 1. The fraction of sp³-hybridized carbons (Fsp3) is 0.261. The lowest BCUT2D eigenvalue weighted by atomic mass is 9.98. The van der Waals surface area contributed by atoms with E-state index in [4.69, 9.17) is 0 Å². The number of nitrogens with one attached hydrogen (secondary N) is 2. The highest BCUT2D eigenvalue weighted by molar-refractivity contribution is 6.04. The Bertz CT molecular complexity index is 969. The summed E-state index contributed by atoms with van der Waals surface area (Å²) >= 11 is 0. The van der Waals surface area contributed by atoms with Gasteiger partial charge in [-0.2, -0.15) is 0 Å². The van der Waals surface area contributed by atoms with E-state index >= 15 is 0 Å². The molecule has 0 unspecified atom stereocenters. The predicted molar refractivity (Wildman–Crippen MR) is 114 cm³/mol. The van der Waals surface area contributed by atoms with Crippen LogP contribution in [-0.2, 0) is 6.42 Å². The second-order valence-electron chi connectivity index (χ2n) is 7.25. The van der Waals surface area contributed by atoms with Crippen molar-refractivity contribution in [2.45, 2.75) is 33.1 Å². The number of anilines is 2. The minimum Gasteiger partial charge on any atom is -0.354 e. The highest BCUT2D eigenvalue weighted by Crippen LogP contribution is 2.27. The van der Waals surface area contributed by atoms with Crippen molar-refractivity contribution in [2.75, 3.05) is 17.2 Å². The minimum atomic E-state index is -0.245. The van der Waals surface area contributed by atoms with Gasteiger partial charge in [-0.3, -0.25) is 4.79 Å². The first-order valence-electron chi connectivity index (χ1n) is 9.65. The van der Waals surface area contributed by atoms with Crippen LogP contribution in [0.2, 0.25) is 0 Å². The average molecular weight is 392 g/mol. The lowest BCUT2D eigenvalue weighted by Gasteiger charge is -2.16. The summed E-state index contributed by atoms with van der Waals surface area (Å²) in [5.74, 6) is 0.265. The molecular weight excluding hydrogens is 367 g/mol. The third kappa shape index (κ3) is 5.38. The number of benzene rings is 2. The number of aromatic nitrogens is 2. The Hall–Kier alpha value is -3.28. The van der Waals surface area contributed by atoms with E-state index < -0.39 is 0 Å². The Labute approximate surface area is 170 Å². The third-order valence-corrected chi connectivity index (χ3v) is 4.69. The van der Waals surface area contributed by atoms with Gasteiger partial charge in [-0.15, -0.1) is 0 Å². The summed E-state index contributed by atoms with van der Waals surface area (Å²) in [7, 11) is 0. The van der Waals surface area contributed by atoms with Crippen molar-refractivity contribution in [1.29, 1.82) is 0 Å². The molecule has 3 rings (SSSR count). The molecule has 2 N–H and O–H groups in total. The topological polar surface area (TPSA) is 66.9 Å². The maximum Gasteiger partial charge on any atom is 0.258 e. The molecule has 1 amide bonds. The van der Waals surface area contributed by atoms with Gasteiger partial charge in [0.05, 0.1) is 5.56 Å². The maximum absolute atomic E-state index is 12.9. The molecule has 0 aliphatic carbocycles. The third-order valence-electron chi connectivity index (χ3n) is 4.69. The van der Waals surface area contributed by atoms with Crippen LogP contribution in [0.3, 0.4) is 0 Å². The van der Waals surface area contributed by atoms with Gasteiger partial charge in [0.1, 0.15) is 5.82 Å². The zero-order valence-corrected chi connectivity index (χ0v) is 16.9. The largest absolute Gasteiger partial charge is 0.354 e. The number of hydrogen-bond donors (Lipinski definition) is 2. The molecule has 0 spiro atoms. The summed E-state index contributed by atoms with van der Waals surface area (Å²) in [5.41, 5.74) is 4.37. The van der Waals surface area contributed by atoms with Crippen molar-refractivity contribution in [1.82, 2.24) is 9.97 Å². The van der Waals surface area contributed by atoms with Gasteiger partial charge in [0, 0.05) is 24.6 Å². The van der Waals surface area contributed by atoms with E-state index in [9.17, 15) is 9.18 Å². The van der Waals surface area contributed by atoms with Crippen LogP contribution < -0.4 is 10.6 Å². The Balaban J connectivity index is 1.60. The number of hydrogen-bond acceptors (Lipinski definition) is 4. The number of amides is 1. The number of halogens is 1. The van der Waals surface area contributed by atoms with Crippen molar-refractivity contribution in [3.8, 4) is 0 Å². The van der Waals surface area contributed by atoms with E-state index in [1.54, 1.807) is 12.1 Å². The molecule has 1 aromatic heterocycles. The molecule has 0 aliphatic rings. The van der Waals surface area contributed by atoms with E-state index in [2.05, 4.69) is 34.4 Å². The van der Waals surface area contributed by atoms with Crippen molar-refractivity contribution >= 4 is 17.5 Å². The van der Waals surface area contributed by atoms with E-state index in [0.717, 1.165) is 28.8 Å². The Kier molecular flexibility index (Phi) is 6.54. The quantitative estimate of drug-likeness (QED) is 0.597. The van der Waals surface area contributed by atoms with E-state index in [1.807, 2.05) is 25.1 Å². The zero-order valence-electron chi connectivity index (χ0n) is 16.9. The SMILES string of the molecule is Cc1cccc(C(C)C)c1NC(=O)c1cnc(NCCc2ccc(F)cc2)nc1. The first kappa shape index (κ1) is 20.5. The monoisotopic (exact) mass is 392 g/mol. The molecule has 1 heterocycles. The highest BCUT2D eigenvalue weighted by atomic mass is 19.1. The fourth-order valence-electron chi connectivity index (χ4n) is 3.03. The summed E-state index contributed by atoms with van der Waals surface area (Å²) < 4.78 is 12.9. The van der Waals surface area contributed by atoms with Gasteiger partial charge in [-0.25, -0.2) is 14.4 Å². The second-order valence-corrected chi connectivity index (χ2v) is 7.25. The smallest absolute Gasteiger partial charge is 0.258 e. The summed E-state index contributed by atoms with van der Waals surface area (Å²) in [6.07, 6.45) is 3.74. The van der Waals surface area contributed by atoms with Gasteiger partial charge in [0.15, 0.2) is 0 Å². The van der Waals surface area contributed by atoms with Crippen molar-refractivity contribution in [3.63, 3.8) is 0 Å². The van der Waals surface area contributed by atoms with Crippen LogP contribution in [-0.4, -0.2) is 22.4 Å². The number of nitrogens with zero attached hydrogens (tertiary/aromatic N) is 2. The van der Waals surface area contributed by atoms with Gasteiger partial charge in [0.25, 0.3) is 5.91 Å². The fourth-order valence-corrected chi connectivity index (χ4v) is 3.03. The van der Waals surface area contributed by atoms with Gasteiger partial charge in [0.2, 0.25) is 5.95 Å². The van der Waals surface area contributed by atoms with E-state index in [-0.39, 0.29) is 11.7 Å². The van der Waals surface area contributed by atoms with Gasteiger partial charge in [-0.05, 0) is 48.1 Å². The number of carbonyl (C=O) groups is 1. The first-order chi connectivity index (χ1) is 13.9. The molecule has 2 aromatic carbocycles. The Morgan fingerprint density at radius 2 is 1.76 bits per heavy atom. The molecule has 0 fully saturated rings. The normalized spacial score (nSPS) is 10.8. The van der Waals surface area contributed by atoms with E-state index in [1.165, 1.54) is 24.5 Å². The standard InChI is InChI=1S/C23H25FN4O/c1-15(2)20-6-4-5-16(3)21(20)28-22(29)18-13-26-23(27-14-18)25-12-11-17-7-9-19(24)10-8-17/h4-10,13-15H,11-12H2,1-3H3,(H,28,29)(H,25,26,27). The van der Waals surface area contributed by atoms with Crippen LogP contribution in [0.15, 0.2) is 54.9 Å². The van der Waals surface area contributed by atoms with Crippen LogP contribution in [0.25, 0.3) is 0 Å². The molecule has 0 radical (unpaired) electrons. The van der Waals surface area contributed by atoms with Crippen LogP contribution in [0.1, 0.15) is 46.8 Å². The van der Waals surface area contributed by atoms with E-state index in [0.29, 0.717) is 24.0 Å². The molecule has 3 aromatic rings. The van der Waals surface area contributed by atoms with Gasteiger partial charge >= 0.3 is 0 Å². The zero-order chi connectivity index (χ0) is 20.8. The molecule has 0 aliphatic heterocycles. The van der Waals surface area contributed by atoms with Crippen molar-refractivity contribution in [3.05, 3.63) is 82.9 Å². The lowest BCUT2D eigenvalue weighted by molar-refractivity contribution is 0.102. The summed E-state index contributed by atoms with van der Waals surface area (Å²) in [6, 6.07) is 12.4. The molecule has 29 heavy (non-hydrogen) atoms. The number of aryl methyl sites for hydroxylation is 1. The highest BCUT2D eigenvalue weighted by Gasteiger charge is 2.14. The van der Waals surface area contributed by atoms with Crippen LogP contribution in [0, 0.1) is 12.7 Å². The molecule has 0 saturated carbocycles. The summed E-state index contributed by atoms with van der Waals surface area (Å²) in [6.45, 7) is 6.78. The first-order valence-corrected chi connectivity index (χ1v) is 9.65. The number of rotatable bonds is 7. The van der Waals surface area contributed by atoms with Crippen LogP contribution in [0.5, 0.6) is 0 Å². The average Bonchev–Trinajstić information content (AvgIpc) is 2.71. The summed E-state index contributed by atoms with van der Waals surface area (Å²) in [4.78, 5) is 21.1. The summed E-state index contributed by atoms with van der Waals surface area (Å²) in [5, 5.41) is 6.10. The lowest BCUT2D eigenvalue weighted by Crippen LogP contribution is -2.16. The van der Waals surface area contributed by atoms with Gasteiger partial charge in [-0.1, -0.05) is 44.2 Å². The van der Waals surface area contributed by atoms with Crippen LogP contribution in [0.4, 0.5) is 16.0 Å².